The molecular weight excluding hydrogens is 476 g/mol. The number of nitrogens with zero attached hydrogens (tertiary/aromatic N) is 5. The van der Waals surface area contributed by atoms with Crippen molar-refractivity contribution in [2.24, 2.45) is 0 Å². The van der Waals surface area contributed by atoms with Crippen LogP contribution in [0.1, 0.15) is 27.9 Å². The van der Waals surface area contributed by atoms with Crippen molar-refractivity contribution in [2.45, 2.75) is 33.5 Å². The minimum absolute atomic E-state index is 0.0768. The minimum atomic E-state index is -0.726. The first-order valence-electron chi connectivity index (χ1n) is 11.5. The molecule has 4 aromatic rings. The molecule has 2 aromatic heterocycles. The van der Waals surface area contributed by atoms with Gasteiger partial charge < -0.3 is 10.1 Å². The number of aryl methyl sites for hydroxylation is 2. The van der Waals surface area contributed by atoms with Crippen LogP contribution in [0.2, 0.25) is 0 Å². The summed E-state index contributed by atoms with van der Waals surface area (Å²) in [6.07, 6.45) is 1.75. The van der Waals surface area contributed by atoms with E-state index in [2.05, 4.69) is 15.3 Å². The SMILES string of the molecule is COc1ccc(Cn2c(NCc3cnc(C)cc3C)nc(=O)n(Cc3ccc([N+](=O)[O-])cc3)c2=O)cc1. The lowest BCUT2D eigenvalue weighted by molar-refractivity contribution is -0.384. The van der Waals surface area contributed by atoms with Gasteiger partial charge in [0, 0.05) is 30.6 Å². The van der Waals surface area contributed by atoms with Crippen LogP contribution in [0.3, 0.4) is 0 Å². The Balaban J connectivity index is 1.71. The molecule has 37 heavy (non-hydrogen) atoms. The van der Waals surface area contributed by atoms with Gasteiger partial charge in [-0.15, -0.1) is 0 Å². The number of nitrogens with one attached hydrogen (secondary N) is 1. The van der Waals surface area contributed by atoms with Crippen LogP contribution in [0.25, 0.3) is 0 Å². The number of aromatic nitrogens is 4. The van der Waals surface area contributed by atoms with Crippen molar-refractivity contribution < 1.29 is 9.66 Å². The molecule has 0 amide bonds. The number of hydrogen-bond acceptors (Lipinski definition) is 8. The lowest BCUT2D eigenvalue weighted by Crippen LogP contribution is -2.43. The number of pyridine rings is 1. The highest BCUT2D eigenvalue weighted by Gasteiger charge is 2.15. The van der Waals surface area contributed by atoms with Crippen LogP contribution in [0.15, 0.2) is 70.4 Å². The van der Waals surface area contributed by atoms with Crippen LogP contribution in [0.4, 0.5) is 11.6 Å². The normalized spacial score (nSPS) is 10.8. The molecule has 0 aliphatic heterocycles. The van der Waals surface area contributed by atoms with Crippen molar-refractivity contribution >= 4 is 11.6 Å². The number of nitro benzene ring substituents is 1. The monoisotopic (exact) mass is 502 g/mol. The Hall–Kier alpha value is -4.80. The van der Waals surface area contributed by atoms with Crippen molar-refractivity contribution in [2.75, 3.05) is 12.4 Å². The smallest absolute Gasteiger partial charge is 0.355 e. The number of methoxy groups -OCH3 is 1. The second-order valence-corrected chi connectivity index (χ2v) is 8.55. The predicted molar refractivity (Wildman–Crippen MR) is 138 cm³/mol. The average Bonchev–Trinajstić information content (AvgIpc) is 2.88. The Bertz CT molecular complexity index is 1540. The van der Waals surface area contributed by atoms with E-state index in [0.717, 1.165) is 27.0 Å². The summed E-state index contributed by atoms with van der Waals surface area (Å²) in [5.41, 5.74) is 2.83. The molecule has 0 aliphatic carbocycles. The number of ether oxygens (including phenoxy) is 1. The third kappa shape index (κ3) is 5.89. The van der Waals surface area contributed by atoms with E-state index in [1.165, 1.54) is 28.8 Å². The third-order valence-electron chi connectivity index (χ3n) is 5.93. The van der Waals surface area contributed by atoms with Gasteiger partial charge in [-0.2, -0.15) is 4.98 Å². The molecule has 190 valence electrons. The molecule has 2 aromatic carbocycles. The zero-order valence-corrected chi connectivity index (χ0v) is 20.7. The number of non-ortho nitro benzene ring substituents is 1. The van der Waals surface area contributed by atoms with Gasteiger partial charge in [0.1, 0.15) is 5.75 Å². The summed E-state index contributed by atoms with van der Waals surface area (Å²) in [5.74, 6) is 0.809. The van der Waals surface area contributed by atoms with Crippen molar-refractivity contribution in [3.8, 4) is 5.75 Å². The Morgan fingerprint density at radius 1 is 0.973 bits per heavy atom. The second-order valence-electron chi connectivity index (χ2n) is 8.55. The quantitative estimate of drug-likeness (QED) is 0.273. The number of anilines is 1. The van der Waals surface area contributed by atoms with Crippen LogP contribution in [0, 0.1) is 24.0 Å². The summed E-state index contributed by atoms with van der Waals surface area (Å²) in [7, 11) is 1.57. The largest absolute Gasteiger partial charge is 0.497 e. The number of nitro groups is 1. The fraction of sp³-hybridized carbons (Fsp3) is 0.231. The highest BCUT2D eigenvalue weighted by molar-refractivity contribution is 5.35. The first-order valence-corrected chi connectivity index (χ1v) is 11.5. The van der Waals surface area contributed by atoms with E-state index >= 15 is 0 Å². The third-order valence-corrected chi connectivity index (χ3v) is 5.93. The maximum atomic E-state index is 13.5. The highest BCUT2D eigenvalue weighted by atomic mass is 16.6. The summed E-state index contributed by atoms with van der Waals surface area (Å²) in [6.45, 7) is 4.27. The molecule has 0 radical (unpaired) electrons. The zero-order chi connectivity index (χ0) is 26.5. The molecule has 4 rings (SSSR count). The number of hydrogen-bond donors (Lipinski definition) is 1. The van der Waals surface area contributed by atoms with Crippen molar-refractivity contribution in [3.63, 3.8) is 0 Å². The first-order chi connectivity index (χ1) is 17.7. The van der Waals surface area contributed by atoms with Gasteiger partial charge in [0.05, 0.1) is 25.1 Å². The van der Waals surface area contributed by atoms with Gasteiger partial charge in [0.25, 0.3) is 5.69 Å². The zero-order valence-electron chi connectivity index (χ0n) is 20.7. The molecule has 2 heterocycles. The highest BCUT2D eigenvalue weighted by Crippen LogP contribution is 2.15. The van der Waals surface area contributed by atoms with E-state index < -0.39 is 16.3 Å². The molecule has 11 nitrogen and oxygen atoms in total. The molecular formula is C26H26N6O5. The van der Waals surface area contributed by atoms with Gasteiger partial charge in [-0.25, -0.2) is 14.2 Å². The molecule has 0 atom stereocenters. The molecule has 0 bridgehead atoms. The van der Waals surface area contributed by atoms with Gasteiger partial charge in [0.15, 0.2) is 0 Å². The van der Waals surface area contributed by atoms with Crippen LogP contribution in [-0.4, -0.2) is 31.1 Å². The van der Waals surface area contributed by atoms with Crippen molar-refractivity contribution in [1.29, 1.82) is 0 Å². The summed E-state index contributed by atoms with van der Waals surface area (Å²) in [6, 6.07) is 14.9. The summed E-state index contributed by atoms with van der Waals surface area (Å²) in [4.78, 5) is 45.4. The topological polar surface area (TPSA) is 134 Å². The maximum absolute atomic E-state index is 13.5. The Morgan fingerprint density at radius 3 is 2.19 bits per heavy atom. The first kappa shape index (κ1) is 25.3. The lowest BCUT2D eigenvalue weighted by atomic mass is 10.1. The summed E-state index contributed by atoms with van der Waals surface area (Å²) in [5, 5.41) is 14.1. The van der Waals surface area contributed by atoms with E-state index in [0.29, 0.717) is 17.9 Å². The molecule has 0 saturated heterocycles. The standard InChI is InChI=1S/C26H26N6O5/c1-17-12-18(2)27-13-21(17)14-28-24-29-25(33)31(16-19-4-8-22(9-5-19)32(35)36)26(34)30(24)15-20-6-10-23(37-3)11-7-20/h4-13H,14-16H2,1-3H3,(H,28,29,33). The van der Waals surface area contributed by atoms with Crippen molar-refractivity contribution in [3.05, 3.63) is 120 Å². The molecule has 0 saturated carbocycles. The fourth-order valence-electron chi connectivity index (χ4n) is 3.85. The summed E-state index contributed by atoms with van der Waals surface area (Å²) < 4.78 is 7.61. The van der Waals surface area contributed by atoms with E-state index in [-0.39, 0.29) is 24.7 Å². The van der Waals surface area contributed by atoms with E-state index in [1.54, 1.807) is 25.4 Å². The van der Waals surface area contributed by atoms with Gasteiger partial charge in [-0.3, -0.25) is 19.7 Å². The Labute approximate surface area is 212 Å². The lowest BCUT2D eigenvalue weighted by Gasteiger charge is -2.16. The molecule has 0 aliphatic rings. The average molecular weight is 503 g/mol. The molecule has 1 N–H and O–H groups in total. The van der Waals surface area contributed by atoms with E-state index in [9.17, 15) is 19.7 Å². The number of benzene rings is 2. The molecule has 11 heteroatoms. The summed E-state index contributed by atoms with van der Waals surface area (Å²) >= 11 is 0. The van der Waals surface area contributed by atoms with Crippen LogP contribution in [0.5, 0.6) is 5.75 Å². The minimum Gasteiger partial charge on any atom is -0.497 e. The van der Waals surface area contributed by atoms with Gasteiger partial charge in [0.2, 0.25) is 5.95 Å². The predicted octanol–water partition coefficient (Wildman–Crippen LogP) is 3.04. The van der Waals surface area contributed by atoms with Crippen molar-refractivity contribution in [1.82, 2.24) is 19.1 Å². The van der Waals surface area contributed by atoms with Crippen LogP contribution >= 0.6 is 0 Å². The Morgan fingerprint density at radius 2 is 1.59 bits per heavy atom. The van der Waals surface area contributed by atoms with Gasteiger partial charge in [-0.05, 0) is 54.3 Å². The molecule has 0 fully saturated rings. The molecule has 0 unspecified atom stereocenters. The molecule has 0 spiro atoms. The van der Waals surface area contributed by atoms with E-state index in [1.807, 2.05) is 32.0 Å². The second kappa shape index (κ2) is 10.9. The maximum Gasteiger partial charge on any atom is 0.355 e. The van der Waals surface area contributed by atoms with Gasteiger partial charge in [-0.1, -0.05) is 24.3 Å². The van der Waals surface area contributed by atoms with Gasteiger partial charge >= 0.3 is 11.4 Å². The van der Waals surface area contributed by atoms with E-state index in [4.69, 9.17) is 4.74 Å². The van der Waals surface area contributed by atoms with Crippen LogP contribution < -0.4 is 21.4 Å². The van der Waals surface area contributed by atoms with Crippen LogP contribution in [-0.2, 0) is 19.6 Å². The fourth-order valence-corrected chi connectivity index (χ4v) is 3.85. The Kier molecular flexibility index (Phi) is 7.42. The number of rotatable bonds is 9.